The molecular formula is C11H15N3O. The van der Waals surface area contributed by atoms with Gasteiger partial charge in [0.1, 0.15) is 0 Å². The molecule has 0 N–H and O–H groups in total. The monoisotopic (exact) mass is 205 g/mol. The lowest BCUT2D eigenvalue weighted by Gasteiger charge is -2.16. The maximum Gasteiger partial charge on any atom is 0.0720 e. The molecule has 0 aliphatic heterocycles. The molecule has 0 spiro atoms. The maximum absolute atomic E-state index is 8.27. The summed E-state index contributed by atoms with van der Waals surface area (Å²) in [5, 5.41) is 3.59. The molecule has 0 heterocycles. The third-order valence-electron chi connectivity index (χ3n) is 2.27. The summed E-state index contributed by atoms with van der Waals surface area (Å²) in [5.74, 6) is 0. The van der Waals surface area contributed by atoms with E-state index in [9.17, 15) is 0 Å². The molecule has 0 aliphatic rings. The van der Waals surface area contributed by atoms with Gasteiger partial charge in [-0.2, -0.15) is 0 Å². The molecule has 2 atom stereocenters. The second-order valence-electron chi connectivity index (χ2n) is 3.45. The van der Waals surface area contributed by atoms with E-state index in [0.29, 0.717) is 6.61 Å². The van der Waals surface area contributed by atoms with Crippen molar-refractivity contribution in [1.29, 1.82) is 0 Å². The average molecular weight is 205 g/mol. The molecule has 0 saturated carbocycles. The van der Waals surface area contributed by atoms with E-state index in [2.05, 4.69) is 10.0 Å². The standard InChI is InChI=1S/C11H15N3O/c1-9(13-14-12)10(2)15-8-11-6-4-3-5-7-11/h3-7,9-10H,8H2,1-2H3. The zero-order valence-electron chi connectivity index (χ0n) is 9.00. The van der Waals surface area contributed by atoms with Gasteiger partial charge >= 0.3 is 0 Å². The van der Waals surface area contributed by atoms with Crippen LogP contribution in [-0.4, -0.2) is 12.1 Å². The molecule has 0 aliphatic carbocycles. The second-order valence-corrected chi connectivity index (χ2v) is 3.45. The Balaban J connectivity index is 2.40. The van der Waals surface area contributed by atoms with Crippen molar-refractivity contribution in [1.82, 2.24) is 0 Å². The predicted octanol–water partition coefficient (Wildman–Crippen LogP) is 3.29. The predicted molar refractivity (Wildman–Crippen MR) is 59.3 cm³/mol. The van der Waals surface area contributed by atoms with Crippen LogP contribution in [0.3, 0.4) is 0 Å². The molecule has 0 saturated heterocycles. The lowest BCUT2D eigenvalue weighted by Crippen LogP contribution is -2.20. The van der Waals surface area contributed by atoms with Gasteiger partial charge < -0.3 is 4.74 Å². The van der Waals surface area contributed by atoms with Crippen LogP contribution in [0, 0.1) is 0 Å². The smallest absolute Gasteiger partial charge is 0.0720 e. The molecule has 1 rings (SSSR count). The first-order valence-corrected chi connectivity index (χ1v) is 4.93. The number of ether oxygens (including phenoxy) is 1. The molecular weight excluding hydrogens is 190 g/mol. The van der Waals surface area contributed by atoms with E-state index >= 15 is 0 Å². The summed E-state index contributed by atoms with van der Waals surface area (Å²) >= 11 is 0. The minimum Gasteiger partial charge on any atom is -0.373 e. The van der Waals surface area contributed by atoms with Gasteiger partial charge in [-0.25, -0.2) is 0 Å². The number of hydrogen-bond acceptors (Lipinski definition) is 2. The van der Waals surface area contributed by atoms with Gasteiger partial charge in [-0.05, 0) is 18.0 Å². The summed E-state index contributed by atoms with van der Waals surface area (Å²) in [7, 11) is 0. The molecule has 2 unspecified atom stereocenters. The quantitative estimate of drug-likeness (QED) is 0.413. The van der Waals surface area contributed by atoms with E-state index < -0.39 is 0 Å². The number of azide groups is 1. The Labute approximate surface area is 89.5 Å². The molecule has 0 bridgehead atoms. The van der Waals surface area contributed by atoms with Crippen molar-refractivity contribution in [3.05, 3.63) is 46.3 Å². The van der Waals surface area contributed by atoms with E-state index in [0.717, 1.165) is 5.56 Å². The zero-order valence-corrected chi connectivity index (χ0v) is 9.00. The van der Waals surface area contributed by atoms with Gasteiger partial charge in [0.15, 0.2) is 0 Å². The Bertz CT molecular complexity index is 333. The highest BCUT2D eigenvalue weighted by atomic mass is 16.5. The third kappa shape index (κ3) is 4.02. The van der Waals surface area contributed by atoms with Gasteiger partial charge in [0.05, 0.1) is 18.8 Å². The molecule has 4 nitrogen and oxygen atoms in total. The molecule has 80 valence electrons. The third-order valence-corrected chi connectivity index (χ3v) is 2.27. The molecule has 0 fully saturated rings. The molecule has 15 heavy (non-hydrogen) atoms. The Morgan fingerprint density at radius 1 is 1.33 bits per heavy atom. The van der Waals surface area contributed by atoms with Crippen molar-refractivity contribution in [2.24, 2.45) is 5.11 Å². The molecule has 0 radical (unpaired) electrons. The summed E-state index contributed by atoms with van der Waals surface area (Å²) in [5.41, 5.74) is 9.40. The van der Waals surface area contributed by atoms with Crippen LogP contribution >= 0.6 is 0 Å². The van der Waals surface area contributed by atoms with E-state index in [-0.39, 0.29) is 12.1 Å². The SMILES string of the molecule is CC(N=[N+]=[N-])C(C)OCc1ccccc1. The van der Waals surface area contributed by atoms with E-state index in [1.165, 1.54) is 0 Å². The van der Waals surface area contributed by atoms with E-state index in [1.54, 1.807) is 0 Å². The minimum absolute atomic E-state index is 0.0684. The van der Waals surface area contributed by atoms with Crippen molar-refractivity contribution in [3.63, 3.8) is 0 Å². The highest BCUT2D eigenvalue weighted by molar-refractivity contribution is 5.13. The van der Waals surface area contributed by atoms with Gasteiger partial charge in [0.2, 0.25) is 0 Å². The lowest BCUT2D eigenvalue weighted by molar-refractivity contribution is 0.0399. The van der Waals surface area contributed by atoms with Crippen LogP contribution in [0.1, 0.15) is 19.4 Å². The normalized spacial score (nSPS) is 14.0. The lowest BCUT2D eigenvalue weighted by atomic mass is 10.2. The highest BCUT2D eigenvalue weighted by Gasteiger charge is 2.10. The van der Waals surface area contributed by atoms with Gasteiger partial charge in [-0.3, -0.25) is 0 Å². The summed E-state index contributed by atoms with van der Waals surface area (Å²) in [6.45, 7) is 4.30. The second kappa shape index (κ2) is 6.06. The maximum atomic E-state index is 8.27. The minimum atomic E-state index is -0.140. The topological polar surface area (TPSA) is 58.0 Å². The summed E-state index contributed by atoms with van der Waals surface area (Å²) in [6.07, 6.45) is -0.0684. The van der Waals surface area contributed by atoms with Crippen LogP contribution in [0.4, 0.5) is 0 Å². The summed E-state index contributed by atoms with van der Waals surface area (Å²) < 4.78 is 5.58. The average Bonchev–Trinajstić information content (AvgIpc) is 2.27. The molecule has 0 aromatic heterocycles. The summed E-state index contributed by atoms with van der Waals surface area (Å²) in [4.78, 5) is 2.76. The van der Waals surface area contributed by atoms with Crippen molar-refractivity contribution >= 4 is 0 Å². The number of nitrogens with zero attached hydrogens (tertiary/aromatic N) is 3. The fraction of sp³-hybridized carbons (Fsp3) is 0.455. The largest absolute Gasteiger partial charge is 0.373 e. The Morgan fingerprint density at radius 2 is 2.00 bits per heavy atom. The molecule has 1 aromatic rings. The van der Waals surface area contributed by atoms with Crippen molar-refractivity contribution in [2.75, 3.05) is 0 Å². The van der Waals surface area contributed by atoms with E-state index in [4.69, 9.17) is 10.3 Å². The van der Waals surface area contributed by atoms with Crippen LogP contribution in [0.5, 0.6) is 0 Å². The zero-order chi connectivity index (χ0) is 11.1. The highest BCUT2D eigenvalue weighted by Crippen LogP contribution is 2.07. The fourth-order valence-corrected chi connectivity index (χ4v) is 1.12. The van der Waals surface area contributed by atoms with Crippen molar-refractivity contribution in [3.8, 4) is 0 Å². The van der Waals surface area contributed by atoms with Crippen LogP contribution in [-0.2, 0) is 11.3 Å². The van der Waals surface area contributed by atoms with Gasteiger partial charge in [0, 0.05) is 4.91 Å². The van der Waals surface area contributed by atoms with Gasteiger partial charge in [-0.15, -0.1) is 0 Å². The number of hydrogen-bond donors (Lipinski definition) is 0. The van der Waals surface area contributed by atoms with E-state index in [1.807, 2.05) is 44.2 Å². The Morgan fingerprint density at radius 3 is 2.60 bits per heavy atom. The molecule has 0 amide bonds. The number of rotatable bonds is 5. The first kappa shape index (κ1) is 11.6. The van der Waals surface area contributed by atoms with Crippen molar-refractivity contribution in [2.45, 2.75) is 32.6 Å². The fourth-order valence-electron chi connectivity index (χ4n) is 1.12. The van der Waals surface area contributed by atoms with Crippen LogP contribution in [0.25, 0.3) is 10.4 Å². The number of benzene rings is 1. The Kier molecular flexibility index (Phi) is 4.68. The van der Waals surface area contributed by atoms with Crippen molar-refractivity contribution < 1.29 is 4.74 Å². The first-order valence-electron chi connectivity index (χ1n) is 4.93. The van der Waals surface area contributed by atoms with Crippen LogP contribution in [0.15, 0.2) is 35.4 Å². The first-order chi connectivity index (χ1) is 7.24. The van der Waals surface area contributed by atoms with Gasteiger partial charge in [-0.1, -0.05) is 42.4 Å². The molecule has 1 aromatic carbocycles. The Hall–Kier alpha value is -1.51. The van der Waals surface area contributed by atoms with Crippen LogP contribution < -0.4 is 0 Å². The molecule has 4 heteroatoms. The van der Waals surface area contributed by atoms with Crippen LogP contribution in [0.2, 0.25) is 0 Å². The summed E-state index contributed by atoms with van der Waals surface area (Å²) in [6, 6.07) is 9.78. The van der Waals surface area contributed by atoms with Gasteiger partial charge in [0.25, 0.3) is 0 Å².